The Hall–Kier alpha value is -2.29. The van der Waals surface area contributed by atoms with Crippen LogP contribution in [0.15, 0.2) is 53.4 Å². The molecule has 0 saturated heterocycles. The largest absolute Gasteiger partial charge is 0.466 e. The van der Waals surface area contributed by atoms with Gasteiger partial charge in [-0.05, 0) is 30.7 Å². The van der Waals surface area contributed by atoms with Gasteiger partial charge in [-0.25, -0.2) is 8.42 Å². The third-order valence-electron chi connectivity index (χ3n) is 5.26. The number of ether oxygens (including phenoxy) is 3. The van der Waals surface area contributed by atoms with Crippen molar-refractivity contribution in [3.8, 4) is 5.75 Å². The third-order valence-corrected chi connectivity index (χ3v) is 7.43. The number of hydrogen-bond acceptors (Lipinski definition) is 6. The minimum Gasteiger partial charge on any atom is -0.466 e. The maximum Gasteiger partial charge on any atom is 0.302 e. The second-order valence-electron chi connectivity index (χ2n) is 7.68. The fourth-order valence-corrected chi connectivity index (χ4v) is 5.52. The summed E-state index contributed by atoms with van der Waals surface area (Å²) in [4.78, 5) is 11.3. The van der Waals surface area contributed by atoms with E-state index in [1.165, 1.54) is 11.2 Å². The van der Waals surface area contributed by atoms with Gasteiger partial charge in [0.2, 0.25) is 5.79 Å². The van der Waals surface area contributed by atoms with E-state index in [4.69, 9.17) is 25.8 Å². The molecule has 7 nitrogen and oxygen atoms in total. The molecule has 0 spiro atoms. The van der Waals surface area contributed by atoms with Gasteiger partial charge in [0.05, 0.1) is 17.2 Å². The molecule has 2 unspecified atom stereocenters. The Morgan fingerprint density at radius 3 is 2.56 bits per heavy atom. The van der Waals surface area contributed by atoms with Crippen molar-refractivity contribution in [2.24, 2.45) is 0 Å². The van der Waals surface area contributed by atoms with Crippen LogP contribution in [-0.4, -0.2) is 45.8 Å². The normalized spacial score (nSPS) is 17.5. The van der Waals surface area contributed by atoms with Crippen molar-refractivity contribution in [1.29, 1.82) is 0 Å². The summed E-state index contributed by atoms with van der Waals surface area (Å²) in [7, 11) is -3.76. The number of benzene rings is 2. The summed E-state index contributed by atoms with van der Waals surface area (Å²) in [6, 6.07) is 13.6. The van der Waals surface area contributed by atoms with Crippen LogP contribution < -0.4 is 9.04 Å². The highest BCUT2D eigenvalue weighted by Crippen LogP contribution is 2.42. The van der Waals surface area contributed by atoms with Crippen LogP contribution in [0.2, 0.25) is 0 Å². The molecule has 2 aromatic rings. The van der Waals surface area contributed by atoms with Crippen molar-refractivity contribution in [2.75, 3.05) is 29.9 Å². The number of alkyl halides is 1. The highest BCUT2D eigenvalue weighted by Gasteiger charge is 2.37. The van der Waals surface area contributed by atoms with Gasteiger partial charge in [-0.2, -0.15) is 0 Å². The molecule has 3 rings (SSSR count). The van der Waals surface area contributed by atoms with Crippen LogP contribution >= 0.6 is 11.6 Å². The van der Waals surface area contributed by atoms with Crippen LogP contribution in [0, 0.1) is 0 Å². The molecular weight excluding hydrogens is 454 g/mol. The van der Waals surface area contributed by atoms with Crippen LogP contribution in [-0.2, 0) is 24.3 Å². The van der Waals surface area contributed by atoms with E-state index < -0.39 is 15.8 Å². The zero-order chi connectivity index (χ0) is 23.4. The third kappa shape index (κ3) is 5.36. The van der Waals surface area contributed by atoms with Gasteiger partial charge in [-0.1, -0.05) is 24.3 Å². The number of sulfonamides is 1. The molecule has 0 saturated carbocycles. The van der Waals surface area contributed by atoms with Crippen molar-refractivity contribution in [3.05, 3.63) is 54.1 Å². The molecule has 1 heterocycles. The Bertz CT molecular complexity index is 1050. The molecule has 1 aliphatic heterocycles. The van der Waals surface area contributed by atoms with Crippen molar-refractivity contribution < 1.29 is 27.4 Å². The first-order chi connectivity index (χ1) is 15.2. The number of fused-ring (bicyclic) bond motifs is 1. The molecule has 174 valence electrons. The summed E-state index contributed by atoms with van der Waals surface area (Å²) in [5, 5.41) is 0. The van der Waals surface area contributed by atoms with Crippen LogP contribution in [0.3, 0.4) is 0 Å². The lowest BCUT2D eigenvalue weighted by atomic mass is 10.0. The first kappa shape index (κ1) is 24.4. The molecule has 32 heavy (non-hydrogen) atoms. The maximum absolute atomic E-state index is 13.3. The Labute approximate surface area is 194 Å². The quantitative estimate of drug-likeness (QED) is 0.286. The predicted molar refractivity (Wildman–Crippen MR) is 123 cm³/mol. The first-order valence-corrected chi connectivity index (χ1v) is 12.4. The second kappa shape index (κ2) is 10.1. The number of halogens is 1. The van der Waals surface area contributed by atoms with Gasteiger partial charge < -0.3 is 14.2 Å². The van der Waals surface area contributed by atoms with Crippen LogP contribution in [0.25, 0.3) is 0 Å². The number of rotatable bonds is 10. The average Bonchev–Trinajstić information content (AvgIpc) is 3.13. The SMILES string of the molecule is CCOC(C)(CCOC(C)=O)Oc1ccc2c(c1)N(S(=O)(=O)c1ccccc1)CC2CCl. The number of hydrogen-bond donors (Lipinski definition) is 0. The second-order valence-corrected chi connectivity index (χ2v) is 9.85. The predicted octanol–water partition coefficient (Wildman–Crippen LogP) is 4.30. The highest BCUT2D eigenvalue weighted by molar-refractivity contribution is 7.92. The average molecular weight is 482 g/mol. The lowest BCUT2D eigenvalue weighted by molar-refractivity contribution is -0.180. The van der Waals surface area contributed by atoms with Gasteiger partial charge in [0.1, 0.15) is 5.75 Å². The zero-order valence-electron chi connectivity index (χ0n) is 18.4. The topological polar surface area (TPSA) is 82.1 Å². The van der Waals surface area contributed by atoms with Crippen LogP contribution in [0.5, 0.6) is 5.75 Å². The number of anilines is 1. The van der Waals surface area contributed by atoms with Gasteiger partial charge >= 0.3 is 5.97 Å². The van der Waals surface area contributed by atoms with E-state index in [0.717, 1.165) is 5.56 Å². The van der Waals surface area contributed by atoms with E-state index >= 15 is 0 Å². The summed E-state index contributed by atoms with van der Waals surface area (Å²) in [6.45, 7) is 5.73. The molecule has 0 radical (unpaired) electrons. The van der Waals surface area contributed by atoms with E-state index in [1.54, 1.807) is 49.4 Å². The van der Waals surface area contributed by atoms with Crippen molar-refractivity contribution in [2.45, 2.75) is 43.8 Å². The van der Waals surface area contributed by atoms with Gasteiger partial charge in [0.15, 0.2) is 0 Å². The number of carbonyl (C=O) groups excluding carboxylic acids is 1. The van der Waals surface area contributed by atoms with Gasteiger partial charge in [0, 0.05) is 51.3 Å². The standard InChI is InChI=1S/C23H28ClNO6S/c1-4-30-23(3,12-13-29-17(2)26)31-19-10-11-21-18(15-24)16-25(22(21)14-19)32(27,28)20-8-6-5-7-9-20/h5-11,14,18H,4,12-13,15-16H2,1-3H3. The maximum atomic E-state index is 13.3. The molecule has 0 N–H and O–H groups in total. The molecule has 0 aliphatic carbocycles. The van der Waals surface area contributed by atoms with Crippen LogP contribution in [0.4, 0.5) is 5.69 Å². The van der Waals surface area contributed by atoms with Gasteiger partial charge in [-0.3, -0.25) is 9.10 Å². The summed E-state index contributed by atoms with van der Waals surface area (Å²) in [6.07, 6.45) is 0.313. The molecule has 1 aliphatic rings. The van der Waals surface area contributed by atoms with Gasteiger partial charge in [-0.15, -0.1) is 11.6 Å². The smallest absolute Gasteiger partial charge is 0.302 e. The number of nitrogens with zero attached hydrogens (tertiary/aromatic N) is 1. The molecule has 9 heteroatoms. The minimum absolute atomic E-state index is 0.124. The molecule has 0 amide bonds. The van der Waals surface area contributed by atoms with Crippen LogP contribution in [0.1, 0.15) is 38.7 Å². The van der Waals surface area contributed by atoms with E-state index in [9.17, 15) is 13.2 Å². The lowest BCUT2D eigenvalue weighted by Crippen LogP contribution is -2.37. The summed E-state index contributed by atoms with van der Waals surface area (Å²) < 4.78 is 45.0. The Kier molecular flexibility index (Phi) is 7.69. The summed E-state index contributed by atoms with van der Waals surface area (Å²) >= 11 is 6.15. The minimum atomic E-state index is -3.76. The molecule has 0 aromatic heterocycles. The first-order valence-electron chi connectivity index (χ1n) is 10.4. The molecule has 0 bridgehead atoms. The molecule has 2 atom stereocenters. The van der Waals surface area contributed by atoms with E-state index in [2.05, 4.69) is 0 Å². The van der Waals surface area contributed by atoms with Crippen molar-refractivity contribution in [1.82, 2.24) is 0 Å². The Balaban J connectivity index is 1.92. The van der Waals surface area contributed by atoms with E-state index in [-0.39, 0.29) is 29.9 Å². The Morgan fingerprint density at radius 1 is 1.22 bits per heavy atom. The van der Waals surface area contributed by atoms with E-state index in [0.29, 0.717) is 30.3 Å². The zero-order valence-corrected chi connectivity index (χ0v) is 20.0. The number of esters is 1. The van der Waals surface area contributed by atoms with E-state index in [1.807, 2.05) is 13.0 Å². The fourth-order valence-electron chi connectivity index (χ4n) is 3.71. The Morgan fingerprint density at radius 2 is 1.94 bits per heavy atom. The lowest BCUT2D eigenvalue weighted by Gasteiger charge is -2.30. The summed E-state index contributed by atoms with van der Waals surface area (Å²) in [5.74, 6) is -0.804. The molecule has 0 fully saturated rings. The van der Waals surface area contributed by atoms with Crippen molar-refractivity contribution in [3.63, 3.8) is 0 Å². The number of carbonyl (C=O) groups is 1. The highest BCUT2D eigenvalue weighted by atomic mass is 35.5. The van der Waals surface area contributed by atoms with Crippen molar-refractivity contribution >= 4 is 33.3 Å². The monoisotopic (exact) mass is 481 g/mol. The molecular formula is C23H28ClNO6S. The fraction of sp³-hybridized carbons (Fsp3) is 0.435. The summed E-state index contributed by atoms with van der Waals surface area (Å²) in [5.41, 5.74) is 1.39. The molecule has 2 aromatic carbocycles. The van der Waals surface area contributed by atoms with Gasteiger partial charge in [0.25, 0.3) is 10.0 Å².